The van der Waals surface area contributed by atoms with Crippen molar-refractivity contribution in [3.63, 3.8) is 0 Å². The van der Waals surface area contributed by atoms with Crippen molar-refractivity contribution < 1.29 is 9.47 Å². The summed E-state index contributed by atoms with van der Waals surface area (Å²) in [6.07, 6.45) is 0.0595. The van der Waals surface area contributed by atoms with Gasteiger partial charge in [-0.2, -0.15) is 0 Å². The highest BCUT2D eigenvalue weighted by Crippen LogP contribution is 2.20. The molecule has 0 amide bonds. The van der Waals surface area contributed by atoms with Crippen molar-refractivity contribution in [3.05, 3.63) is 0 Å². The van der Waals surface area contributed by atoms with Crippen molar-refractivity contribution in [1.82, 2.24) is 10.6 Å². The molecule has 2 aliphatic heterocycles. The first-order valence-corrected chi connectivity index (χ1v) is 6.50. The summed E-state index contributed by atoms with van der Waals surface area (Å²) in [5.74, 6) is 0. The standard InChI is InChI=1S/C9H16N2O2S2/c14-9(7-5-10-1-3-12-7)15-8-6-11-2-4-13-8/h7-8,10-11H,1-6H2. The molecule has 0 spiro atoms. The summed E-state index contributed by atoms with van der Waals surface area (Å²) < 4.78 is 12.1. The van der Waals surface area contributed by atoms with Crippen LogP contribution in [-0.4, -0.2) is 55.1 Å². The van der Waals surface area contributed by atoms with E-state index in [9.17, 15) is 0 Å². The normalized spacial score (nSPS) is 32.5. The molecule has 0 saturated carbocycles. The topological polar surface area (TPSA) is 42.5 Å². The van der Waals surface area contributed by atoms with Crippen LogP contribution < -0.4 is 10.6 Å². The van der Waals surface area contributed by atoms with Gasteiger partial charge in [0.25, 0.3) is 0 Å². The number of morpholine rings is 2. The summed E-state index contributed by atoms with van der Waals surface area (Å²) in [5, 5.41) is 6.55. The Morgan fingerprint density at radius 2 is 1.87 bits per heavy atom. The maximum absolute atomic E-state index is 5.58. The maximum Gasteiger partial charge on any atom is 0.120 e. The van der Waals surface area contributed by atoms with Gasteiger partial charge >= 0.3 is 0 Å². The largest absolute Gasteiger partial charge is 0.369 e. The van der Waals surface area contributed by atoms with Crippen molar-refractivity contribution in [2.75, 3.05) is 39.4 Å². The zero-order valence-electron chi connectivity index (χ0n) is 8.53. The molecule has 2 aliphatic rings. The minimum Gasteiger partial charge on any atom is -0.369 e. The lowest BCUT2D eigenvalue weighted by molar-refractivity contribution is 0.0729. The number of hydrogen-bond donors (Lipinski definition) is 2. The monoisotopic (exact) mass is 248 g/mol. The van der Waals surface area contributed by atoms with Crippen LogP contribution in [-0.2, 0) is 9.47 Å². The summed E-state index contributed by atoms with van der Waals surface area (Å²) in [4.78, 5) is 0. The summed E-state index contributed by atoms with van der Waals surface area (Å²) in [7, 11) is 0. The molecule has 0 bridgehead atoms. The molecule has 4 nitrogen and oxygen atoms in total. The molecule has 2 saturated heterocycles. The lowest BCUT2D eigenvalue weighted by Crippen LogP contribution is -2.43. The molecule has 0 aromatic heterocycles. The molecule has 2 heterocycles. The second-order valence-electron chi connectivity index (χ2n) is 3.50. The number of hydrogen-bond acceptors (Lipinski definition) is 6. The Bertz CT molecular complexity index is 216. The highest BCUT2D eigenvalue weighted by atomic mass is 32.2. The predicted octanol–water partition coefficient (Wildman–Crippen LogP) is -0.0187. The van der Waals surface area contributed by atoms with Gasteiger partial charge in [0.05, 0.1) is 17.4 Å². The first-order chi connectivity index (χ1) is 7.36. The summed E-state index contributed by atoms with van der Waals surface area (Å²) in [5.41, 5.74) is 0.150. The smallest absolute Gasteiger partial charge is 0.120 e. The lowest BCUT2D eigenvalue weighted by atomic mass is 10.3. The van der Waals surface area contributed by atoms with Crippen LogP contribution in [0.2, 0.25) is 0 Å². The number of thioether (sulfide) groups is 1. The van der Waals surface area contributed by atoms with Gasteiger partial charge in [-0.25, -0.2) is 0 Å². The molecule has 0 aliphatic carbocycles. The third kappa shape index (κ3) is 3.65. The van der Waals surface area contributed by atoms with Gasteiger partial charge in [-0.05, 0) is 0 Å². The fraction of sp³-hybridized carbons (Fsp3) is 0.889. The molecular formula is C9H16N2O2S2. The quantitative estimate of drug-likeness (QED) is 0.670. The van der Waals surface area contributed by atoms with Crippen LogP contribution in [0.1, 0.15) is 0 Å². The molecule has 0 aromatic carbocycles. The SMILES string of the molecule is S=C(SC1CNCCO1)C1CNCCO1. The minimum absolute atomic E-state index is 0.0595. The number of thiocarbonyl (C=S) groups is 1. The minimum atomic E-state index is 0.0595. The summed E-state index contributed by atoms with van der Waals surface area (Å²) in [6, 6.07) is 0. The molecule has 2 fully saturated rings. The fourth-order valence-corrected chi connectivity index (χ4v) is 2.94. The van der Waals surface area contributed by atoms with Crippen molar-refractivity contribution in [1.29, 1.82) is 0 Å². The van der Waals surface area contributed by atoms with Crippen molar-refractivity contribution in [2.45, 2.75) is 11.5 Å². The zero-order valence-corrected chi connectivity index (χ0v) is 10.2. The molecule has 2 unspecified atom stereocenters. The molecule has 2 rings (SSSR count). The highest BCUT2D eigenvalue weighted by molar-refractivity contribution is 8.23. The highest BCUT2D eigenvalue weighted by Gasteiger charge is 2.23. The van der Waals surface area contributed by atoms with Crippen LogP contribution in [0.5, 0.6) is 0 Å². The molecule has 6 heteroatoms. The van der Waals surface area contributed by atoms with Crippen molar-refractivity contribution in [3.8, 4) is 0 Å². The van der Waals surface area contributed by atoms with E-state index >= 15 is 0 Å². The molecule has 86 valence electrons. The lowest BCUT2D eigenvalue weighted by Gasteiger charge is -2.28. The van der Waals surface area contributed by atoms with E-state index in [4.69, 9.17) is 21.7 Å². The van der Waals surface area contributed by atoms with Crippen molar-refractivity contribution >= 4 is 28.2 Å². The van der Waals surface area contributed by atoms with E-state index in [1.165, 1.54) is 0 Å². The second kappa shape index (κ2) is 6.12. The summed E-state index contributed by atoms with van der Waals surface area (Å²) in [6.45, 7) is 5.06. The number of ether oxygens (including phenoxy) is 2. The van der Waals surface area contributed by atoms with Gasteiger partial charge in [-0.15, -0.1) is 0 Å². The maximum atomic E-state index is 5.58. The van der Waals surface area contributed by atoms with E-state index in [-0.39, 0.29) is 11.5 Å². The Hall–Kier alpha value is 0.280. The van der Waals surface area contributed by atoms with E-state index in [0.29, 0.717) is 0 Å². The van der Waals surface area contributed by atoms with Crippen LogP contribution in [0.15, 0.2) is 0 Å². The first kappa shape index (κ1) is 11.8. The van der Waals surface area contributed by atoms with E-state index in [0.717, 1.165) is 43.6 Å². The van der Waals surface area contributed by atoms with E-state index < -0.39 is 0 Å². The van der Waals surface area contributed by atoms with Gasteiger partial charge in [-0.3, -0.25) is 0 Å². The van der Waals surface area contributed by atoms with Gasteiger partial charge in [0, 0.05) is 26.2 Å². The van der Waals surface area contributed by atoms with Crippen LogP contribution >= 0.6 is 24.0 Å². The number of nitrogens with one attached hydrogen (secondary N) is 2. The van der Waals surface area contributed by atoms with Gasteiger partial charge in [0.15, 0.2) is 0 Å². The second-order valence-corrected chi connectivity index (χ2v) is 5.40. The molecule has 0 aromatic rings. The predicted molar refractivity (Wildman–Crippen MR) is 65.4 cm³/mol. The molecule has 15 heavy (non-hydrogen) atoms. The van der Waals surface area contributed by atoms with E-state index in [2.05, 4.69) is 10.6 Å². The Morgan fingerprint density at radius 3 is 2.47 bits per heavy atom. The van der Waals surface area contributed by atoms with Gasteiger partial charge in [-0.1, -0.05) is 24.0 Å². The molecule has 2 atom stereocenters. The van der Waals surface area contributed by atoms with Crippen LogP contribution in [0.4, 0.5) is 0 Å². The first-order valence-electron chi connectivity index (χ1n) is 5.21. The van der Waals surface area contributed by atoms with Crippen LogP contribution in [0.3, 0.4) is 0 Å². The van der Waals surface area contributed by atoms with E-state index in [1.54, 1.807) is 11.8 Å². The Balaban J connectivity index is 1.74. The Labute approximate surface area is 99.5 Å². The van der Waals surface area contributed by atoms with Gasteiger partial charge in [0.1, 0.15) is 11.5 Å². The van der Waals surface area contributed by atoms with Crippen molar-refractivity contribution in [2.24, 2.45) is 0 Å². The Kier molecular flexibility index (Phi) is 4.80. The molecule has 0 radical (unpaired) electrons. The zero-order chi connectivity index (χ0) is 10.5. The third-order valence-electron chi connectivity index (χ3n) is 2.33. The average Bonchev–Trinajstić information content (AvgIpc) is 2.31. The van der Waals surface area contributed by atoms with Crippen LogP contribution in [0.25, 0.3) is 0 Å². The average molecular weight is 248 g/mol. The third-order valence-corrected chi connectivity index (χ3v) is 3.94. The Morgan fingerprint density at radius 1 is 1.13 bits per heavy atom. The van der Waals surface area contributed by atoms with Gasteiger partial charge < -0.3 is 20.1 Å². The van der Waals surface area contributed by atoms with Gasteiger partial charge in [0.2, 0.25) is 0 Å². The van der Waals surface area contributed by atoms with E-state index in [1.807, 2.05) is 0 Å². The number of rotatable bonds is 2. The van der Waals surface area contributed by atoms with Crippen LogP contribution in [0, 0.1) is 0 Å². The molecule has 2 N–H and O–H groups in total. The fourth-order valence-electron chi connectivity index (χ4n) is 1.54. The molecular weight excluding hydrogens is 232 g/mol. The summed E-state index contributed by atoms with van der Waals surface area (Å²) >= 11 is 6.95.